The van der Waals surface area contributed by atoms with Crippen LogP contribution in [0, 0.1) is 5.82 Å². The number of anilines is 1. The Hall–Kier alpha value is -2.07. The number of rotatable bonds is 7. The maximum Gasteiger partial charge on any atom is 0.123 e. The third kappa shape index (κ3) is 4.46. The van der Waals surface area contributed by atoms with Gasteiger partial charge in [-0.1, -0.05) is 19.1 Å². The minimum absolute atomic E-state index is 0.0411. The lowest BCUT2D eigenvalue weighted by atomic mass is 10.1. The zero-order valence-electron chi connectivity index (χ0n) is 12.2. The average Bonchev–Trinajstić information content (AvgIpc) is 2.52. The van der Waals surface area contributed by atoms with Crippen molar-refractivity contribution in [2.45, 2.75) is 19.4 Å². The fourth-order valence-electron chi connectivity index (χ4n) is 2.07. The first-order valence-electron chi connectivity index (χ1n) is 7.18. The predicted octanol–water partition coefficient (Wildman–Crippen LogP) is 3.73. The fraction of sp³-hybridized carbons (Fsp3) is 0.294. The first-order valence-corrected chi connectivity index (χ1v) is 7.18. The van der Waals surface area contributed by atoms with E-state index in [0.29, 0.717) is 13.2 Å². The molecular formula is C17H21FN2O. The Labute approximate surface area is 124 Å². The molecular weight excluding hydrogens is 267 g/mol. The lowest BCUT2D eigenvalue weighted by molar-refractivity contribution is 0.317. The lowest BCUT2D eigenvalue weighted by Crippen LogP contribution is -2.20. The zero-order chi connectivity index (χ0) is 15.1. The van der Waals surface area contributed by atoms with Gasteiger partial charge in [0, 0.05) is 12.2 Å². The smallest absolute Gasteiger partial charge is 0.123 e. The van der Waals surface area contributed by atoms with E-state index in [2.05, 4.69) is 12.2 Å². The summed E-state index contributed by atoms with van der Waals surface area (Å²) in [6.45, 7) is 3.21. The first kappa shape index (κ1) is 15.3. The van der Waals surface area contributed by atoms with Crippen LogP contribution in [0.3, 0.4) is 0 Å². The van der Waals surface area contributed by atoms with E-state index in [1.54, 1.807) is 12.1 Å². The van der Waals surface area contributed by atoms with Crippen molar-refractivity contribution in [2.75, 3.05) is 18.5 Å². The molecule has 0 fully saturated rings. The first-order chi connectivity index (χ1) is 10.2. The van der Waals surface area contributed by atoms with Gasteiger partial charge in [0.1, 0.15) is 11.6 Å². The number of nitrogens with one attached hydrogen (secondary N) is 1. The normalized spacial score (nSPS) is 12.0. The van der Waals surface area contributed by atoms with Crippen LogP contribution in [-0.2, 0) is 0 Å². The van der Waals surface area contributed by atoms with Crippen molar-refractivity contribution in [1.82, 2.24) is 0 Å². The molecule has 4 heteroatoms. The van der Waals surface area contributed by atoms with E-state index in [1.807, 2.05) is 24.3 Å². The highest BCUT2D eigenvalue weighted by atomic mass is 19.1. The Balaban J connectivity index is 2.11. The van der Waals surface area contributed by atoms with Crippen molar-refractivity contribution in [2.24, 2.45) is 5.73 Å². The van der Waals surface area contributed by atoms with Gasteiger partial charge in [-0.05, 0) is 48.4 Å². The molecule has 0 amide bonds. The molecule has 1 unspecified atom stereocenters. The number of hydrogen-bond donors (Lipinski definition) is 2. The second kappa shape index (κ2) is 7.64. The van der Waals surface area contributed by atoms with Crippen molar-refractivity contribution >= 4 is 5.69 Å². The van der Waals surface area contributed by atoms with Crippen molar-refractivity contribution in [3.63, 3.8) is 0 Å². The van der Waals surface area contributed by atoms with Crippen LogP contribution in [0.2, 0.25) is 0 Å². The van der Waals surface area contributed by atoms with Gasteiger partial charge in [-0.2, -0.15) is 0 Å². The molecule has 0 aliphatic rings. The van der Waals surface area contributed by atoms with Crippen molar-refractivity contribution < 1.29 is 9.13 Å². The third-order valence-corrected chi connectivity index (χ3v) is 3.15. The molecule has 0 saturated carbocycles. The van der Waals surface area contributed by atoms with Crippen molar-refractivity contribution in [3.8, 4) is 5.75 Å². The predicted molar refractivity (Wildman–Crippen MR) is 84.0 cm³/mol. The van der Waals surface area contributed by atoms with E-state index in [1.165, 1.54) is 12.1 Å². The minimum atomic E-state index is -0.250. The zero-order valence-corrected chi connectivity index (χ0v) is 12.2. The van der Waals surface area contributed by atoms with Crippen LogP contribution in [0.1, 0.15) is 24.9 Å². The standard InChI is InChI=1S/C17H21FN2O/c1-2-10-21-16-5-3-4-13(11-16)17(12-19)20-15-8-6-14(18)7-9-15/h3-9,11,17,20H,2,10,12,19H2,1H3. The Bertz CT molecular complexity index is 557. The van der Waals surface area contributed by atoms with E-state index >= 15 is 0 Å². The number of halogens is 1. The Morgan fingerprint density at radius 1 is 1.19 bits per heavy atom. The molecule has 2 aromatic rings. The molecule has 1 atom stereocenters. The molecule has 0 aliphatic heterocycles. The Morgan fingerprint density at radius 3 is 2.62 bits per heavy atom. The summed E-state index contributed by atoms with van der Waals surface area (Å²) in [6, 6.07) is 14.1. The molecule has 3 N–H and O–H groups in total. The number of nitrogens with two attached hydrogens (primary N) is 1. The summed E-state index contributed by atoms with van der Waals surface area (Å²) in [5.41, 5.74) is 7.75. The van der Waals surface area contributed by atoms with Crippen LogP contribution < -0.4 is 15.8 Å². The molecule has 0 heterocycles. The summed E-state index contributed by atoms with van der Waals surface area (Å²) < 4.78 is 18.6. The summed E-state index contributed by atoms with van der Waals surface area (Å²) >= 11 is 0. The summed E-state index contributed by atoms with van der Waals surface area (Å²) in [6.07, 6.45) is 0.971. The van der Waals surface area contributed by atoms with Gasteiger partial charge in [-0.3, -0.25) is 0 Å². The second-order valence-corrected chi connectivity index (χ2v) is 4.86. The molecule has 2 rings (SSSR count). The molecule has 0 aromatic heterocycles. The van der Waals surface area contributed by atoms with Crippen LogP contribution in [-0.4, -0.2) is 13.2 Å². The lowest BCUT2D eigenvalue weighted by Gasteiger charge is -2.19. The molecule has 112 valence electrons. The van der Waals surface area contributed by atoms with Gasteiger partial charge in [0.2, 0.25) is 0 Å². The van der Waals surface area contributed by atoms with Gasteiger partial charge in [-0.15, -0.1) is 0 Å². The van der Waals surface area contributed by atoms with E-state index in [-0.39, 0.29) is 11.9 Å². The van der Waals surface area contributed by atoms with E-state index < -0.39 is 0 Å². The summed E-state index contributed by atoms with van der Waals surface area (Å²) in [5.74, 6) is 0.591. The molecule has 21 heavy (non-hydrogen) atoms. The highest BCUT2D eigenvalue weighted by Gasteiger charge is 2.10. The largest absolute Gasteiger partial charge is 0.494 e. The van der Waals surface area contributed by atoms with Crippen LogP contribution in [0.25, 0.3) is 0 Å². The van der Waals surface area contributed by atoms with Crippen LogP contribution in [0.15, 0.2) is 48.5 Å². The number of ether oxygens (including phenoxy) is 1. The van der Waals surface area contributed by atoms with Crippen molar-refractivity contribution in [3.05, 3.63) is 59.9 Å². The van der Waals surface area contributed by atoms with Gasteiger partial charge < -0.3 is 15.8 Å². The molecule has 3 nitrogen and oxygen atoms in total. The molecule has 0 bridgehead atoms. The highest BCUT2D eigenvalue weighted by molar-refractivity contribution is 5.46. The third-order valence-electron chi connectivity index (χ3n) is 3.15. The minimum Gasteiger partial charge on any atom is -0.494 e. The summed E-state index contributed by atoms with van der Waals surface area (Å²) in [4.78, 5) is 0. The SMILES string of the molecule is CCCOc1cccc(C(CN)Nc2ccc(F)cc2)c1. The summed E-state index contributed by atoms with van der Waals surface area (Å²) in [5, 5.41) is 3.31. The maximum atomic E-state index is 12.9. The van der Waals surface area contributed by atoms with Crippen molar-refractivity contribution in [1.29, 1.82) is 0 Å². The van der Waals surface area contributed by atoms with Crippen LogP contribution in [0.4, 0.5) is 10.1 Å². The average molecular weight is 288 g/mol. The van der Waals surface area contributed by atoms with Gasteiger partial charge in [0.05, 0.1) is 12.6 Å². The Morgan fingerprint density at radius 2 is 1.95 bits per heavy atom. The molecule has 0 radical (unpaired) electrons. The maximum absolute atomic E-state index is 12.9. The van der Waals surface area contributed by atoms with Gasteiger partial charge in [-0.25, -0.2) is 4.39 Å². The Kier molecular flexibility index (Phi) is 5.58. The van der Waals surface area contributed by atoms with Gasteiger partial charge in [0.25, 0.3) is 0 Å². The summed E-state index contributed by atoms with van der Waals surface area (Å²) in [7, 11) is 0. The second-order valence-electron chi connectivity index (χ2n) is 4.86. The molecule has 0 aliphatic carbocycles. The highest BCUT2D eigenvalue weighted by Crippen LogP contribution is 2.23. The molecule has 0 saturated heterocycles. The van der Waals surface area contributed by atoms with Crippen LogP contribution in [0.5, 0.6) is 5.75 Å². The van der Waals surface area contributed by atoms with E-state index in [0.717, 1.165) is 23.4 Å². The molecule has 0 spiro atoms. The van der Waals surface area contributed by atoms with Crippen LogP contribution >= 0.6 is 0 Å². The monoisotopic (exact) mass is 288 g/mol. The number of hydrogen-bond acceptors (Lipinski definition) is 3. The van der Waals surface area contributed by atoms with E-state index in [4.69, 9.17) is 10.5 Å². The van der Waals surface area contributed by atoms with E-state index in [9.17, 15) is 4.39 Å². The fourth-order valence-corrected chi connectivity index (χ4v) is 2.07. The molecule has 2 aromatic carbocycles. The van der Waals surface area contributed by atoms with Gasteiger partial charge in [0.15, 0.2) is 0 Å². The quantitative estimate of drug-likeness (QED) is 0.816. The van der Waals surface area contributed by atoms with Gasteiger partial charge >= 0.3 is 0 Å². The topological polar surface area (TPSA) is 47.3 Å². The number of benzene rings is 2.